The molecule has 1 unspecified atom stereocenters. The van der Waals surface area contributed by atoms with E-state index in [-0.39, 0.29) is 37.2 Å². The van der Waals surface area contributed by atoms with Gasteiger partial charge in [0.2, 0.25) is 11.8 Å². The first kappa shape index (κ1) is 20.8. The average molecular weight is 409 g/mol. The number of hydrogen-bond donors (Lipinski definition) is 0. The van der Waals surface area contributed by atoms with E-state index in [1.54, 1.807) is 9.80 Å². The van der Waals surface area contributed by atoms with Gasteiger partial charge in [-0.3, -0.25) is 9.59 Å². The molecule has 0 aliphatic carbocycles. The highest BCUT2D eigenvalue weighted by Gasteiger charge is 2.39. The molecule has 0 bridgehead atoms. The standard InChI is InChI=1S/C19H28N4O4S/c1-4-15-5-7-17(8-6-15)23-14-16(13-18(23)24)19(25)21-9-11-22(12-10-21)28(26,27)20(2)3/h5-8,16H,4,9-14H2,1-3H3. The van der Waals surface area contributed by atoms with Crippen molar-refractivity contribution in [3.8, 4) is 0 Å². The fourth-order valence-electron chi connectivity index (χ4n) is 3.66. The highest BCUT2D eigenvalue weighted by molar-refractivity contribution is 7.86. The van der Waals surface area contributed by atoms with E-state index in [1.165, 1.54) is 28.3 Å². The number of nitrogens with zero attached hydrogens (tertiary/aromatic N) is 4. The molecule has 8 nitrogen and oxygen atoms in total. The Balaban J connectivity index is 1.61. The van der Waals surface area contributed by atoms with E-state index in [1.807, 2.05) is 24.3 Å². The SMILES string of the molecule is CCc1ccc(N2CC(C(=O)N3CCN(S(=O)(=O)N(C)C)CC3)CC2=O)cc1. The Bertz CT molecular complexity index is 830. The number of benzene rings is 1. The Morgan fingerprint density at radius 2 is 1.71 bits per heavy atom. The van der Waals surface area contributed by atoms with Gasteiger partial charge in [-0.1, -0.05) is 19.1 Å². The second-order valence-electron chi connectivity index (χ2n) is 7.44. The van der Waals surface area contributed by atoms with Crippen LogP contribution in [0.5, 0.6) is 0 Å². The van der Waals surface area contributed by atoms with Crippen molar-refractivity contribution >= 4 is 27.7 Å². The van der Waals surface area contributed by atoms with Crippen LogP contribution in [0.4, 0.5) is 5.69 Å². The minimum Gasteiger partial charge on any atom is -0.340 e. The van der Waals surface area contributed by atoms with Crippen LogP contribution >= 0.6 is 0 Å². The third-order valence-electron chi connectivity index (χ3n) is 5.47. The summed E-state index contributed by atoms with van der Waals surface area (Å²) < 4.78 is 27.0. The van der Waals surface area contributed by atoms with E-state index >= 15 is 0 Å². The van der Waals surface area contributed by atoms with Gasteiger partial charge in [-0.25, -0.2) is 0 Å². The zero-order valence-corrected chi connectivity index (χ0v) is 17.5. The molecule has 1 aromatic rings. The fourth-order valence-corrected chi connectivity index (χ4v) is 4.75. The van der Waals surface area contributed by atoms with E-state index in [0.29, 0.717) is 19.6 Å². The molecule has 2 aliphatic heterocycles. The molecule has 0 radical (unpaired) electrons. The Morgan fingerprint density at radius 3 is 2.25 bits per heavy atom. The summed E-state index contributed by atoms with van der Waals surface area (Å²) in [6.45, 7) is 3.70. The van der Waals surface area contributed by atoms with Crippen LogP contribution in [0.2, 0.25) is 0 Å². The smallest absolute Gasteiger partial charge is 0.281 e. The molecule has 0 saturated carbocycles. The van der Waals surface area contributed by atoms with Gasteiger partial charge in [0, 0.05) is 58.9 Å². The lowest BCUT2D eigenvalue weighted by Gasteiger charge is -2.36. The number of piperazine rings is 1. The zero-order chi connectivity index (χ0) is 20.5. The van der Waals surface area contributed by atoms with E-state index in [0.717, 1.165) is 12.1 Å². The van der Waals surface area contributed by atoms with Gasteiger partial charge in [0.05, 0.1) is 5.92 Å². The maximum atomic E-state index is 12.9. The van der Waals surface area contributed by atoms with Crippen LogP contribution < -0.4 is 4.90 Å². The molecule has 1 atom stereocenters. The van der Waals surface area contributed by atoms with Crippen molar-refractivity contribution < 1.29 is 18.0 Å². The van der Waals surface area contributed by atoms with Crippen LogP contribution in [0.15, 0.2) is 24.3 Å². The molecule has 1 aromatic carbocycles. The topological polar surface area (TPSA) is 81.2 Å². The Hall–Kier alpha value is -1.97. The van der Waals surface area contributed by atoms with Crippen LogP contribution in [0.3, 0.4) is 0 Å². The third kappa shape index (κ3) is 4.06. The predicted octanol–water partition coefficient (Wildman–Crippen LogP) is 0.553. The summed E-state index contributed by atoms with van der Waals surface area (Å²) in [7, 11) is -0.464. The first-order chi connectivity index (χ1) is 13.2. The van der Waals surface area contributed by atoms with Crippen LogP contribution in [0.25, 0.3) is 0 Å². The molecule has 0 aromatic heterocycles. The molecule has 2 amide bonds. The van der Waals surface area contributed by atoms with E-state index in [2.05, 4.69) is 6.92 Å². The summed E-state index contributed by atoms with van der Waals surface area (Å²) in [5.74, 6) is -0.491. The summed E-state index contributed by atoms with van der Waals surface area (Å²) in [5, 5.41) is 0. The summed E-state index contributed by atoms with van der Waals surface area (Å²) in [5.41, 5.74) is 2.02. The van der Waals surface area contributed by atoms with E-state index in [9.17, 15) is 18.0 Å². The lowest BCUT2D eigenvalue weighted by Crippen LogP contribution is -2.54. The highest BCUT2D eigenvalue weighted by atomic mass is 32.2. The van der Waals surface area contributed by atoms with Gasteiger partial charge >= 0.3 is 0 Å². The van der Waals surface area contributed by atoms with Gasteiger partial charge < -0.3 is 9.80 Å². The summed E-state index contributed by atoms with van der Waals surface area (Å²) in [6.07, 6.45) is 1.13. The minimum absolute atomic E-state index is 0.0450. The molecule has 0 spiro atoms. The highest BCUT2D eigenvalue weighted by Crippen LogP contribution is 2.27. The van der Waals surface area contributed by atoms with Crippen molar-refractivity contribution in [1.29, 1.82) is 0 Å². The molecular weight excluding hydrogens is 380 g/mol. The van der Waals surface area contributed by atoms with Crippen molar-refractivity contribution in [3.63, 3.8) is 0 Å². The maximum Gasteiger partial charge on any atom is 0.281 e. The molecule has 9 heteroatoms. The molecule has 2 aliphatic rings. The van der Waals surface area contributed by atoms with E-state index in [4.69, 9.17) is 0 Å². The number of rotatable bonds is 5. The van der Waals surface area contributed by atoms with Crippen LogP contribution in [-0.4, -0.2) is 80.6 Å². The third-order valence-corrected chi connectivity index (χ3v) is 7.41. The number of carbonyl (C=O) groups excluding carboxylic acids is 2. The summed E-state index contributed by atoms with van der Waals surface area (Å²) in [4.78, 5) is 28.7. The lowest BCUT2D eigenvalue weighted by atomic mass is 10.1. The Labute approximate surface area is 166 Å². The van der Waals surface area contributed by atoms with Crippen LogP contribution in [0, 0.1) is 5.92 Å². The Kier molecular flexibility index (Phi) is 6.07. The molecule has 154 valence electrons. The fraction of sp³-hybridized carbons (Fsp3) is 0.579. The first-order valence-electron chi connectivity index (χ1n) is 9.59. The number of anilines is 1. The summed E-state index contributed by atoms with van der Waals surface area (Å²) in [6, 6.07) is 7.85. The van der Waals surface area contributed by atoms with Gasteiger partial charge in [0.1, 0.15) is 0 Å². The van der Waals surface area contributed by atoms with Crippen molar-refractivity contribution in [2.75, 3.05) is 51.7 Å². The van der Waals surface area contributed by atoms with Crippen molar-refractivity contribution in [3.05, 3.63) is 29.8 Å². The predicted molar refractivity (Wildman–Crippen MR) is 107 cm³/mol. The van der Waals surface area contributed by atoms with Gasteiger partial charge in [0.15, 0.2) is 0 Å². The normalized spacial score (nSPS) is 21.6. The zero-order valence-electron chi connectivity index (χ0n) is 16.7. The number of hydrogen-bond acceptors (Lipinski definition) is 4. The van der Waals surface area contributed by atoms with Gasteiger partial charge in [0.25, 0.3) is 10.2 Å². The molecule has 28 heavy (non-hydrogen) atoms. The minimum atomic E-state index is -3.46. The second-order valence-corrected chi connectivity index (χ2v) is 9.58. The monoisotopic (exact) mass is 408 g/mol. The molecule has 2 saturated heterocycles. The van der Waals surface area contributed by atoms with Crippen molar-refractivity contribution in [2.24, 2.45) is 5.92 Å². The molecular formula is C19H28N4O4S. The molecule has 3 rings (SSSR count). The summed E-state index contributed by atoms with van der Waals surface area (Å²) >= 11 is 0. The van der Waals surface area contributed by atoms with E-state index < -0.39 is 10.2 Å². The molecule has 2 fully saturated rings. The lowest BCUT2D eigenvalue weighted by molar-refractivity contribution is -0.137. The Morgan fingerprint density at radius 1 is 1.11 bits per heavy atom. The van der Waals surface area contributed by atoms with Crippen LogP contribution in [-0.2, 0) is 26.2 Å². The number of carbonyl (C=O) groups is 2. The quantitative estimate of drug-likeness (QED) is 0.713. The van der Waals surface area contributed by atoms with Crippen molar-refractivity contribution in [2.45, 2.75) is 19.8 Å². The number of aryl methyl sites for hydroxylation is 1. The van der Waals surface area contributed by atoms with Gasteiger partial charge in [-0.2, -0.15) is 17.0 Å². The van der Waals surface area contributed by atoms with Crippen molar-refractivity contribution in [1.82, 2.24) is 13.5 Å². The largest absolute Gasteiger partial charge is 0.340 e. The second kappa shape index (κ2) is 8.18. The first-order valence-corrected chi connectivity index (χ1v) is 11.0. The average Bonchev–Trinajstić information content (AvgIpc) is 3.09. The van der Waals surface area contributed by atoms with Gasteiger partial charge in [-0.15, -0.1) is 0 Å². The van der Waals surface area contributed by atoms with Crippen LogP contribution in [0.1, 0.15) is 18.9 Å². The maximum absolute atomic E-state index is 12.9. The molecule has 0 N–H and O–H groups in total. The molecule has 2 heterocycles. The van der Waals surface area contributed by atoms with Gasteiger partial charge in [-0.05, 0) is 24.1 Å². The number of amides is 2.